The van der Waals surface area contributed by atoms with Crippen molar-refractivity contribution in [3.8, 4) is 0 Å². The summed E-state index contributed by atoms with van der Waals surface area (Å²) in [5.41, 5.74) is 6.10. The van der Waals surface area contributed by atoms with Crippen molar-refractivity contribution >= 4 is 11.9 Å². The van der Waals surface area contributed by atoms with E-state index in [1.54, 1.807) is 45.0 Å². The molecule has 0 radical (unpaired) electrons. The van der Waals surface area contributed by atoms with Crippen molar-refractivity contribution in [3.63, 3.8) is 0 Å². The lowest BCUT2D eigenvalue weighted by Crippen LogP contribution is -2.38. The molecule has 23 heavy (non-hydrogen) atoms. The number of hydrogen-bond donors (Lipinski definition) is 1. The summed E-state index contributed by atoms with van der Waals surface area (Å²) >= 11 is 0. The molecule has 1 atom stereocenters. The van der Waals surface area contributed by atoms with Crippen molar-refractivity contribution in [1.29, 1.82) is 0 Å². The highest BCUT2D eigenvalue weighted by atomic mass is 16.6. The Morgan fingerprint density at radius 2 is 1.43 bits per heavy atom. The van der Waals surface area contributed by atoms with Crippen LogP contribution in [0.5, 0.6) is 0 Å². The van der Waals surface area contributed by atoms with E-state index in [4.69, 9.17) is 15.2 Å². The zero-order valence-corrected chi connectivity index (χ0v) is 14.8. The maximum atomic E-state index is 11.9. The Morgan fingerprint density at radius 3 is 1.87 bits per heavy atom. The van der Waals surface area contributed by atoms with Gasteiger partial charge in [0.05, 0.1) is 5.56 Å². The van der Waals surface area contributed by atoms with Crippen LogP contribution in [-0.4, -0.2) is 29.2 Å². The second-order valence-electron chi connectivity index (χ2n) is 7.54. The first-order valence-electron chi connectivity index (χ1n) is 7.68. The molecule has 0 fully saturated rings. The van der Waals surface area contributed by atoms with Gasteiger partial charge in [0, 0.05) is 0 Å². The second-order valence-corrected chi connectivity index (χ2v) is 7.54. The van der Waals surface area contributed by atoms with E-state index in [0.717, 1.165) is 5.56 Å². The minimum Gasteiger partial charge on any atom is -0.459 e. The molecule has 5 heteroatoms. The number of nitrogens with two attached hydrogens (primary N) is 1. The van der Waals surface area contributed by atoms with Crippen LogP contribution in [0.25, 0.3) is 0 Å². The average Bonchev–Trinajstić information content (AvgIpc) is 2.35. The SMILES string of the molecule is CC(C)(C)OC(=O)c1ccc(CC(N)C(=O)OC(C)(C)C)cc1. The molecule has 1 unspecified atom stereocenters. The van der Waals surface area contributed by atoms with Gasteiger partial charge in [-0.25, -0.2) is 4.79 Å². The van der Waals surface area contributed by atoms with Crippen LogP contribution in [0.2, 0.25) is 0 Å². The molecule has 0 saturated heterocycles. The second kappa shape index (κ2) is 7.13. The van der Waals surface area contributed by atoms with E-state index in [1.807, 2.05) is 20.8 Å². The first-order valence-corrected chi connectivity index (χ1v) is 7.68. The third-order valence-corrected chi connectivity index (χ3v) is 2.75. The molecule has 1 aromatic carbocycles. The van der Waals surface area contributed by atoms with Gasteiger partial charge in [0.1, 0.15) is 17.2 Å². The van der Waals surface area contributed by atoms with Gasteiger partial charge >= 0.3 is 11.9 Å². The van der Waals surface area contributed by atoms with E-state index in [1.165, 1.54) is 0 Å². The molecular weight excluding hydrogens is 294 g/mol. The molecular formula is C18H27NO4. The van der Waals surface area contributed by atoms with E-state index in [9.17, 15) is 9.59 Å². The Balaban J connectivity index is 2.67. The number of carbonyl (C=O) groups is 2. The molecule has 0 aliphatic rings. The van der Waals surface area contributed by atoms with Crippen molar-refractivity contribution in [2.75, 3.05) is 0 Å². The minimum atomic E-state index is -0.735. The smallest absolute Gasteiger partial charge is 0.338 e. The fourth-order valence-corrected chi connectivity index (χ4v) is 1.83. The summed E-state index contributed by atoms with van der Waals surface area (Å²) in [6, 6.07) is 6.14. The molecule has 0 amide bonds. The van der Waals surface area contributed by atoms with Crippen LogP contribution in [0.1, 0.15) is 57.5 Å². The molecule has 128 valence electrons. The summed E-state index contributed by atoms with van der Waals surface area (Å²) in [7, 11) is 0. The Kier molecular flexibility index (Phi) is 5.94. The lowest BCUT2D eigenvalue weighted by Gasteiger charge is -2.22. The van der Waals surface area contributed by atoms with Gasteiger partial charge in [0.15, 0.2) is 0 Å². The van der Waals surface area contributed by atoms with Crippen molar-refractivity contribution in [3.05, 3.63) is 35.4 Å². The van der Waals surface area contributed by atoms with Gasteiger partial charge in [-0.15, -0.1) is 0 Å². The standard InChI is InChI=1S/C18H27NO4/c1-17(2,3)22-15(20)13-9-7-12(8-10-13)11-14(19)16(21)23-18(4,5)6/h7-10,14H,11,19H2,1-6H3. The summed E-state index contributed by atoms with van der Waals surface area (Å²) in [5.74, 6) is -0.811. The highest BCUT2D eigenvalue weighted by Crippen LogP contribution is 2.14. The van der Waals surface area contributed by atoms with E-state index in [0.29, 0.717) is 12.0 Å². The Labute approximate surface area is 138 Å². The number of hydrogen-bond acceptors (Lipinski definition) is 5. The normalized spacial score (nSPS) is 13.3. The monoisotopic (exact) mass is 321 g/mol. The van der Waals surface area contributed by atoms with Gasteiger partial charge in [-0.1, -0.05) is 12.1 Å². The summed E-state index contributed by atoms with van der Waals surface area (Å²) in [5, 5.41) is 0. The highest BCUT2D eigenvalue weighted by Gasteiger charge is 2.22. The van der Waals surface area contributed by atoms with Crippen LogP contribution in [0, 0.1) is 0 Å². The van der Waals surface area contributed by atoms with E-state index >= 15 is 0 Å². The quantitative estimate of drug-likeness (QED) is 0.863. The number of esters is 2. The van der Waals surface area contributed by atoms with Crippen LogP contribution < -0.4 is 5.73 Å². The lowest BCUT2D eigenvalue weighted by molar-refractivity contribution is -0.156. The zero-order chi connectivity index (χ0) is 17.8. The van der Waals surface area contributed by atoms with E-state index in [2.05, 4.69) is 0 Å². The van der Waals surface area contributed by atoms with Crippen LogP contribution in [-0.2, 0) is 20.7 Å². The van der Waals surface area contributed by atoms with Gasteiger partial charge in [-0.2, -0.15) is 0 Å². The van der Waals surface area contributed by atoms with Crippen molar-refractivity contribution in [2.24, 2.45) is 5.73 Å². The maximum absolute atomic E-state index is 11.9. The average molecular weight is 321 g/mol. The molecule has 2 N–H and O–H groups in total. The molecule has 0 heterocycles. The van der Waals surface area contributed by atoms with Crippen molar-refractivity contribution in [1.82, 2.24) is 0 Å². The molecule has 5 nitrogen and oxygen atoms in total. The first-order chi connectivity index (χ1) is 10.4. The van der Waals surface area contributed by atoms with Gasteiger partial charge in [-0.3, -0.25) is 4.79 Å². The Bertz CT molecular complexity index is 550. The largest absolute Gasteiger partial charge is 0.459 e. The molecule has 0 saturated carbocycles. The van der Waals surface area contributed by atoms with Crippen LogP contribution in [0.4, 0.5) is 0 Å². The summed E-state index contributed by atoms with van der Waals surface area (Å²) < 4.78 is 10.6. The molecule has 0 aromatic heterocycles. The van der Waals surface area contributed by atoms with Gasteiger partial charge in [-0.05, 0) is 65.7 Å². The zero-order valence-electron chi connectivity index (χ0n) is 14.8. The van der Waals surface area contributed by atoms with Gasteiger partial charge < -0.3 is 15.2 Å². The van der Waals surface area contributed by atoms with Gasteiger partial charge in [0.25, 0.3) is 0 Å². The fraction of sp³-hybridized carbons (Fsp3) is 0.556. The predicted molar refractivity (Wildman–Crippen MR) is 89.1 cm³/mol. The molecule has 0 aliphatic carbocycles. The van der Waals surface area contributed by atoms with Crippen LogP contribution in [0.15, 0.2) is 24.3 Å². The number of benzene rings is 1. The molecule has 0 aliphatic heterocycles. The van der Waals surface area contributed by atoms with E-state index < -0.39 is 23.2 Å². The van der Waals surface area contributed by atoms with Gasteiger partial charge in [0.2, 0.25) is 0 Å². The first kappa shape index (κ1) is 19.2. The van der Waals surface area contributed by atoms with Crippen LogP contribution in [0.3, 0.4) is 0 Å². The predicted octanol–water partition coefficient (Wildman–Crippen LogP) is 2.85. The summed E-state index contributed by atoms with van der Waals surface area (Å²) in [6.45, 7) is 10.9. The summed E-state index contributed by atoms with van der Waals surface area (Å²) in [4.78, 5) is 23.8. The Morgan fingerprint density at radius 1 is 0.957 bits per heavy atom. The third kappa shape index (κ3) is 7.28. The lowest BCUT2D eigenvalue weighted by atomic mass is 10.0. The Hall–Kier alpha value is -1.88. The molecule has 1 rings (SSSR count). The molecule has 1 aromatic rings. The topological polar surface area (TPSA) is 78.6 Å². The fourth-order valence-electron chi connectivity index (χ4n) is 1.83. The van der Waals surface area contributed by atoms with Crippen molar-refractivity contribution in [2.45, 2.75) is 65.2 Å². The van der Waals surface area contributed by atoms with Crippen LogP contribution >= 0.6 is 0 Å². The highest BCUT2D eigenvalue weighted by molar-refractivity contribution is 5.89. The maximum Gasteiger partial charge on any atom is 0.338 e. The third-order valence-electron chi connectivity index (χ3n) is 2.75. The van der Waals surface area contributed by atoms with E-state index in [-0.39, 0.29) is 5.97 Å². The molecule has 0 spiro atoms. The molecule has 0 bridgehead atoms. The van der Waals surface area contributed by atoms with Crippen molar-refractivity contribution < 1.29 is 19.1 Å². The number of ether oxygens (including phenoxy) is 2. The summed E-state index contributed by atoms with van der Waals surface area (Å²) in [6.07, 6.45) is 0.351. The minimum absolute atomic E-state index is 0.351. The number of rotatable bonds is 4. The number of carbonyl (C=O) groups excluding carboxylic acids is 2.